The molecule has 0 spiro atoms. The molecule has 5 nitrogen and oxygen atoms in total. The van der Waals surface area contributed by atoms with E-state index in [1.807, 2.05) is 18.2 Å². The summed E-state index contributed by atoms with van der Waals surface area (Å²) in [5, 5.41) is 0. The Morgan fingerprint density at radius 3 is 2.80 bits per heavy atom. The summed E-state index contributed by atoms with van der Waals surface area (Å²) >= 11 is 0. The summed E-state index contributed by atoms with van der Waals surface area (Å²) in [4.78, 5) is 15.5. The Balaban J connectivity index is 1.69. The number of hydrogen-bond acceptors (Lipinski definition) is 5. The predicted octanol–water partition coefficient (Wildman–Crippen LogP) is 2.18. The van der Waals surface area contributed by atoms with Crippen LogP contribution in [0.3, 0.4) is 0 Å². The molecule has 0 aliphatic rings. The second kappa shape index (κ2) is 7.13. The lowest BCUT2D eigenvalue weighted by atomic mass is 10.3. The molecular formula is C15H16N2O3. The van der Waals surface area contributed by atoms with Gasteiger partial charge in [-0.05, 0) is 18.2 Å². The van der Waals surface area contributed by atoms with E-state index < -0.39 is 0 Å². The van der Waals surface area contributed by atoms with Crippen LogP contribution in [0.1, 0.15) is 12.0 Å². The number of nitrogens with two attached hydrogens (primary N) is 1. The number of benzene rings is 1. The number of carbonyl (C=O) groups is 1. The van der Waals surface area contributed by atoms with Crippen molar-refractivity contribution < 1.29 is 14.3 Å². The standard InChI is InChI=1S/C15H16N2O3/c16-13-5-1-2-6-14(13)19-9-7-15(18)20-11-12-4-3-8-17-10-12/h1-6,8,10H,7,9,11,16H2. The zero-order chi connectivity index (χ0) is 14.2. The van der Waals surface area contributed by atoms with Crippen molar-refractivity contribution in [1.82, 2.24) is 4.98 Å². The Hall–Kier alpha value is -2.56. The van der Waals surface area contributed by atoms with E-state index in [0.717, 1.165) is 5.56 Å². The highest BCUT2D eigenvalue weighted by Crippen LogP contribution is 2.19. The summed E-state index contributed by atoms with van der Waals surface area (Å²) in [5.74, 6) is 0.260. The summed E-state index contributed by atoms with van der Waals surface area (Å²) in [6.07, 6.45) is 3.51. The first kappa shape index (κ1) is 13.9. The first-order chi connectivity index (χ1) is 9.75. The summed E-state index contributed by atoms with van der Waals surface area (Å²) < 4.78 is 10.5. The molecule has 2 aromatic rings. The van der Waals surface area contributed by atoms with Crippen LogP contribution < -0.4 is 10.5 Å². The number of esters is 1. The first-order valence-electron chi connectivity index (χ1n) is 6.27. The Morgan fingerprint density at radius 1 is 1.20 bits per heavy atom. The Morgan fingerprint density at radius 2 is 2.05 bits per heavy atom. The highest BCUT2D eigenvalue weighted by Gasteiger charge is 2.05. The van der Waals surface area contributed by atoms with Crippen LogP contribution in [0, 0.1) is 0 Å². The maximum Gasteiger partial charge on any atom is 0.309 e. The monoisotopic (exact) mass is 272 g/mol. The van der Waals surface area contributed by atoms with Gasteiger partial charge in [0.2, 0.25) is 0 Å². The Labute approximate surface area is 117 Å². The lowest BCUT2D eigenvalue weighted by Gasteiger charge is -2.08. The average molecular weight is 272 g/mol. The van der Waals surface area contributed by atoms with Gasteiger partial charge in [-0.25, -0.2) is 0 Å². The third-order valence-corrected chi connectivity index (χ3v) is 2.61. The van der Waals surface area contributed by atoms with Gasteiger partial charge in [0.1, 0.15) is 12.4 Å². The van der Waals surface area contributed by atoms with Gasteiger partial charge < -0.3 is 15.2 Å². The van der Waals surface area contributed by atoms with E-state index in [1.165, 1.54) is 0 Å². The number of nitrogen functional groups attached to an aromatic ring is 1. The van der Waals surface area contributed by atoms with Crippen LogP contribution in [0.25, 0.3) is 0 Å². The quantitative estimate of drug-likeness (QED) is 0.644. The van der Waals surface area contributed by atoms with Crippen LogP contribution in [-0.2, 0) is 16.1 Å². The smallest absolute Gasteiger partial charge is 0.309 e. The van der Waals surface area contributed by atoms with E-state index >= 15 is 0 Å². The molecule has 0 amide bonds. The lowest BCUT2D eigenvalue weighted by molar-refractivity contribution is -0.145. The van der Waals surface area contributed by atoms with Gasteiger partial charge in [0.15, 0.2) is 0 Å². The van der Waals surface area contributed by atoms with Crippen molar-refractivity contribution in [2.75, 3.05) is 12.3 Å². The van der Waals surface area contributed by atoms with Crippen LogP contribution in [0.15, 0.2) is 48.8 Å². The van der Waals surface area contributed by atoms with Gasteiger partial charge in [-0.2, -0.15) is 0 Å². The number of para-hydroxylation sites is 2. The number of nitrogens with zero attached hydrogens (tertiary/aromatic N) is 1. The minimum atomic E-state index is -0.316. The number of carbonyl (C=O) groups excluding carboxylic acids is 1. The lowest BCUT2D eigenvalue weighted by Crippen LogP contribution is -2.10. The molecule has 0 saturated heterocycles. The molecule has 1 aromatic heterocycles. The zero-order valence-electron chi connectivity index (χ0n) is 11.0. The van der Waals surface area contributed by atoms with Crippen LogP contribution in [0.2, 0.25) is 0 Å². The van der Waals surface area contributed by atoms with E-state index in [9.17, 15) is 4.79 Å². The molecule has 0 unspecified atom stereocenters. The van der Waals surface area contributed by atoms with E-state index in [2.05, 4.69) is 4.98 Å². The average Bonchev–Trinajstić information content (AvgIpc) is 2.48. The molecule has 20 heavy (non-hydrogen) atoms. The normalized spacial score (nSPS) is 10.0. The largest absolute Gasteiger partial charge is 0.491 e. The van der Waals surface area contributed by atoms with E-state index in [4.69, 9.17) is 15.2 Å². The van der Waals surface area contributed by atoms with Gasteiger partial charge in [0.25, 0.3) is 0 Å². The van der Waals surface area contributed by atoms with Gasteiger partial charge >= 0.3 is 5.97 Å². The predicted molar refractivity (Wildman–Crippen MR) is 75.0 cm³/mol. The SMILES string of the molecule is Nc1ccccc1OCCC(=O)OCc1cccnc1. The number of pyridine rings is 1. The van der Waals surface area contributed by atoms with Crippen molar-refractivity contribution in [2.45, 2.75) is 13.0 Å². The fraction of sp³-hybridized carbons (Fsp3) is 0.200. The van der Waals surface area contributed by atoms with Crippen molar-refractivity contribution in [3.05, 3.63) is 54.4 Å². The first-order valence-corrected chi connectivity index (χ1v) is 6.27. The molecule has 0 bridgehead atoms. The maximum atomic E-state index is 11.5. The molecule has 104 valence electrons. The fourth-order valence-corrected chi connectivity index (χ4v) is 1.58. The molecule has 1 heterocycles. The maximum absolute atomic E-state index is 11.5. The molecule has 0 atom stereocenters. The second-order valence-corrected chi connectivity index (χ2v) is 4.16. The van der Waals surface area contributed by atoms with Crippen molar-refractivity contribution in [3.8, 4) is 5.75 Å². The zero-order valence-corrected chi connectivity index (χ0v) is 11.0. The minimum Gasteiger partial charge on any atom is -0.491 e. The molecule has 0 aliphatic carbocycles. The topological polar surface area (TPSA) is 74.4 Å². The van der Waals surface area contributed by atoms with E-state index in [0.29, 0.717) is 11.4 Å². The molecule has 2 N–H and O–H groups in total. The molecule has 1 aromatic carbocycles. The van der Waals surface area contributed by atoms with E-state index in [1.54, 1.807) is 30.6 Å². The molecule has 0 saturated carbocycles. The third kappa shape index (κ3) is 4.28. The Bertz CT molecular complexity index is 558. The van der Waals surface area contributed by atoms with Crippen molar-refractivity contribution >= 4 is 11.7 Å². The van der Waals surface area contributed by atoms with E-state index in [-0.39, 0.29) is 25.6 Å². The summed E-state index contributed by atoms with van der Waals surface area (Å²) in [7, 11) is 0. The summed E-state index contributed by atoms with van der Waals surface area (Å²) in [6.45, 7) is 0.459. The van der Waals surface area contributed by atoms with Gasteiger partial charge in [-0.3, -0.25) is 9.78 Å². The van der Waals surface area contributed by atoms with Crippen LogP contribution in [0.4, 0.5) is 5.69 Å². The van der Waals surface area contributed by atoms with Gasteiger partial charge in [-0.15, -0.1) is 0 Å². The number of rotatable bonds is 6. The summed E-state index contributed by atoms with van der Waals surface area (Å²) in [5.41, 5.74) is 7.13. The van der Waals surface area contributed by atoms with Crippen LogP contribution in [-0.4, -0.2) is 17.6 Å². The highest BCUT2D eigenvalue weighted by molar-refractivity contribution is 5.69. The van der Waals surface area contributed by atoms with Crippen molar-refractivity contribution in [3.63, 3.8) is 0 Å². The van der Waals surface area contributed by atoms with Crippen molar-refractivity contribution in [2.24, 2.45) is 0 Å². The second-order valence-electron chi connectivity index (χ2n) is 4.16. The molecule has 0 fully saturated rings. The van der Waals surface area contributed by atoms with Crippen LogP contribution in [0.5, 0.6) is 5.75 Å². The molecule has 0 radical (unpaired) electrons. The fourth-order valence-electron chi connectivity index (χ4n) is 1.58. The minimum absolute atomic E-state index is 0.175. The number of hydrogen-bond donors (Lipinski definition) is 1. The van der Waals surface area contributed by atoms with Gasteiger partial charge in [0.05, 0.1) is 18.7 Å². The van der Waals surface area contributed by atoms with Crippen LogP contribution >= 0.6 is 0 Å². The number of anilines is 1. The number of aromatic nitrogens is 1. The highest BCUT2D eigenvalue weighted by atomic mass is 16.5. The van der Waals surface area contributed by atoms with Gasteiger partial charge in [0, 0.05) is 18.0 Å². The van der Waals surface area contributed by atoms with Crippen molar-refractivity contribution in [1.29, 1.82) is 0 Å². The molecular weight excluding hydrogens is 256 g/mol. The summed E-state index contributed by atoms with van der Waals surface area (Å²) in [6, 6.07) is 10.8. The Kier molecular flexibility index (Phi) is 4.94. The molecule has 0 aliphatic heterocycles. The van der Waals surface area contributed by atoms with Gasteiger partial charge in [-0.1, -0.05) is 18.2 Å². The third-order valence-electron chi connectivity index (χ3n) is 2.61. The molecule has 5 heteroatoms. The molecule has 2 rings (SSSR count). The number of ether oxygens (including phenoxy) is 2.